The SMILES string of the molecule is CCCCNc1cc(C(=O)O)cc(S(N)(=O)=O)c1Br. The third-order valence-corrected chi connectivity index (χ3v) is 4.49. The summed E-state index contributed by atoms with van der Waals surface area (Å²) < 4.78 is 23.1. The van der Waals surface area contributed by atoms with E-state index in [9.17, 15) is 13.2 Å². The van der Waals surface area contributed by atoms with Gasteiger partial charge >= 0.3 is 5.97 Å². The van der Waals surface area contributed by atoms with E-state index in [1.807, 2.05) is 6.92 Å². The Bertz CT molecular complexity index is 587. The average Bonchev–Trinajstić information content (AvgIpc) is 2.29. The summed E-state index contributed by atoms with van der Waals surface area (Å²) in [6, 6.07) is 2.41. The predicted octanol–water partition coefficient (Wildman–Crippen LogP) is 2.01. The van der Waals surface area contributed by atoms with E-state index in [2.05, 4.69) is 21.2 Å². The first kappa shape index (κ1) is 15.9. The Morgan fingerprint density at radius 1 is 1.47 bits per heavy atom. The van der Waals surface area contributed by atoms with Crippen LogP contribution >= 0.6 is 15.9 Å². The van der Waals surface area contributed by atoms with Crippen molar-refractivity contribution in [3.05, 3.63) is 22.2 Å². The van der Waals surface area contributed by atoms with Crippen molar-refractivity contribution in [2.24, 2.45) is 5.14 Å². The number of unbranched alkanes of at least 4 members (excludes halogenated alkanes) is 1. The number of hydrogen-bond donors (Lipinski definition) is 3. The first-order chi connectivity index (χ1) is 8.77. The molecule has 8 heteroatoms. The van der Waals surface area contributed by atoms with Crippen LogP contribution in [0.25, 0.3) is 0 Å². The van der Waals surface area contributed by atoms with Crippen LogP contribution in [0.5, 0.6) is 0 Å². The zero-order valence-electron chi connectivity index (χ0n) is 10.3. The second-order valence-corrected chi connectivity index (χ2v) is 6.29. The van der Waals surface area contributed by atoms with E-state index in [0.29, 0.717) is 12.2 Å². The van der Waals surface area contributed by atoms with E-state index in [-0.39, 0.29) is 14.9 Å². The summed E-state index contributed by atoms with van der Waals surface area (Å²) in [5.41, 5.74) is 0.267. The highest BCUT2D eigenvalue weighted by atomic mass is 79.9. The maximum Gasteiger partial charge on any atom is 0.335 e. The molecule has 0 aromatic heterocycles. The number of hydrogen-bond acceptors (Lipinski definition) is 4. The van der Waals surface area contributed by atoms with Crippen molar-refractivity contribution in [3.63, 3.8) is 0 Å². The molecule has 106 valence electrons. The number of halogens is 1. The summed E-state index contributed by atoms with van der Waals surface area (Å²) in [4.78, 5) is 10.8. The van der Waals surface area contributed by atoms with E-state index in [4.69, 9.17) is 10.2 Å². The molecule has 0 saturated carbocycles. The van der Waals surface area contributed by atoms with Gasteiger partial charge in [0.15, 0.2) is 0 Å². The Morgan fingerprint density at radius 2 is 2.11 bits per heavy atom. The van der Waals surface area contributed by atoms with Crippen LogP contribution in [0.4, 0.5) is 5.69 Å². The molecule has 4 N–H and O–H groups in total. The van der Waals surface area contributed by atoms with E-state index in [1.165, 1.54) is 6.07 Å². The van der Waals surface area contributed by atoms with Gasteiger partial charge in [-0.1, -0.05) is 13.3 Å². The van der Waals surface area contributed by atoms with Crippen LogP contribution in [0.2, 0.25) is 0 Å². The Hall–Kier alpha value is -1.12. The van der Waals surface area contributed by atoms with Gasteiger partial charge in [0.2, 0.25) is 10.0 Å². The molecule has 0 saturated heterocycles. The molecule has 1 rings (SSSR count). The van der Waals surface area contributed by atoms with Gasteiger partial charge in [-0.2, -0.15) is 0 Å². The van der Waals surface area contributed by atoms with Crippen LogP contribution in [0.3, 0.4) is 0 Å². The quantitative estimate of drug-likeness (QED) is 0.679. The number of rotatable bonds is 6. The lowest BCUT2D eigenvalue weighted by atomic mass is 10.2. The zero-order valence-corrected chi connectivity index (χ0v) is 12.7. The zero-order chi connectivity index (χ0) is 14.6. The molecule has 0 spiro atoms. The molecule has 0 atom stereocenters. The van der Waals surface area contributed by atoms with Crippen LogP contribution in [0.15, 0.2) is 21.5 Å². The number of nitrogens with one attached hydrogen (secondary N) is 1. The molecule has 0 radical (unpaired) electrons. The molecule has 1 aromatic carbocycles. The molecule has 0 amide bonds. The molecular weight excluding hydrogens is 336 g/mol. The molecule has 0 fully saturated rings. The van der Waals surface area contributed by atoms with Crippen molar-refractivity contribution in [2.75, 3.05) is 11.9 Å². The van der Waals surface area contributed by atoms with Crippen molar-refractivity contribution >= 4 is 37.6 Å². The lowest BCUT2D eigenvalue weighted by molar-refractivity contribution is 0.0696. The molecule has 1 aromatic rings. The minimum atomic E-state index is -3.99. The van der Waals surface area contributed by atoms with Crippen LogP contribution in [-0.2, 0) is 10.0 Å². The van der Waals surface area contributed by atoms with E-state index in [0.717, 1.165) is 18.9 Å². The first-order valence-corrected chi connectivity index (χ1v) is 7.94. The molecule has 0 heterocycles. The minimum absolute atomic E-state index is 0.133. The molecule has 0 unspecified atom stereocenters. The molecule has 6 nitrogen and oxygen atoms in total. The van der Waals surface area contributed by atoms with Crippen LogP contribution in [-0.4, -0.2) is 26.0 Å². The van der Waals surface area contributed by atoms with E-state index >= 15 is 0 Å². The summed E-state index contributed by atoms with van der Waals surface area (Å²) >= 11 is 3.14. The average molecular weight is 351 g/mol. The maximum atomic E-state index is 11.4. The van der Waals surface area contributed by atoms with Crippen molar-refractivity contribution in [1.29, 1.82) is 0 Å². The summed E-state index contributed by atoms with van der Waals surface area (Å²) in [5, 5.41) is 17.0. The molecular formula is C11H15BrN2O4S. The summed E-state index contributed by atoms with van der Waals surface area (Å²) in [7, 11) is -3.99. The Labute approximate surface area is 120 Å². The number of primary sulfonamides is 1. The van der Waals surface area contributed by atoms with Gasteiger partial charge < -0.3 is 10.4 Å². The monoisotopic (exact) mass is 350 g/mol. The highest BCUT2D eigenvalue weighted by Gasteiger charge is 2.19. The van der Waals surface area contributed by atoms with E-state index < -0.39 is 16.0 Å². The van der Waals surface area contributed by atoms with Gasteiger partial charge in [-0.05, 0) is 34.5 Å². The first-order valence-electron chi connectivity index (χ1n) is 5.61. The number of carboxylic acid groups (broad SMARTS) is 1. The van der Waals surface area contributed by atoms with Gasteiger partial charge in [0.05, 0.1) is 20.6 Å². The number of carboxylic acids is 1. The largest absolute Gasteiger partial charge is 0.478 e. The van der Waals surface area contributed by atoms with Crippen LogP contribution in [0, 0.1) is 0 Å². The second kappa shape index (κ2) is 6.36. The second-order valence-electron chi connectivity index (χ2n) is 3.97. The van der Waals surface area contributed by atoms with Gasteiger partial charge in [0.1, 0.15) is 0 Å². The fraction of sp³-hybridized carbons (Fsp3) is 0.364. The highest BCUT2D eigenvalue weighted by molar-refractivity contribution is 9.10. The number of aromatic carboxylic acids is 1. The van der Waals surface area contributed by atoms with E-state index in [1.54, 1.807) is 0 Å². The summed E-state index contributed by atoms with van der Waals surface area (Å²) in [6.45, 7) is 2.63. The molecule has 0 aliphatic rings. The maximum absolute atomic E-state index is 11.4. The number of anilines is 1. The van der Waals surface area contributed by atoms with Gasteiger partial charge in [-0.15, -0.1) is 0 Å². The fourth-order valence-electron chi connectivity index (χ4n) is 1.46. The third-order valence-electron chi connectivity index (χ3n) is 2.44. The predicted molar refractivity (Wildman–Crippen MR) is 75.9 cm³/mol. The van der Waals surface area contributed by atoms with Crippen LogP contribution in [0.1, 0.15) is 30.1 Å². The minimum Gasteiger partial charge on any atom is -0.478 e. The molecule has 19 heavy (non-hydrogen) atoms. The van der Waals surface area contributed by atoms with Gasteiger partial charge in [0, 0.05) is 6.54 Å². The third kappa shape index (κ3) is 4.19. The Kier molecular flexibility index (Phi) is 5.33. The normalized spacial score (nSPS) is 11.3. The van der Waals surface area contributed by atoms with Crippen molar-refractivity contribution in [3.8, 4) is 0 Å². The van der Waals surface area contributed by atoms with Crippen molar-refractivity contribution in [2.45, 2.75) is 24.7 Å². The van der Waals surface area contributed by atoms with Crippen molar-refractivity contribution in [1.82, 2.24) is 0 Å². The number of nitrogens with two attached hydrogens (primary N) is 1. The van der Waals surface area contributed by atoms with Gasteiger partial charge in [0.25, 0.3) is 0 Å². The topological polar surface area (TPSA) is 109 Å². The smallest absolute Gasteiger partial charge is 0.335 e. The van der Waals surface area contributed by atoms with Crippen LogP contribution < -0.4 is 10.5 Å². The van der Waals surface area contributed by atoms with Crippen molar-refractivity contribution < 1.29 is 18.3 Å². The lowest BCUT2D eigenvalue weighted by Gasteiger charge is -2.12. The van der Waals surface area contributed by atoms with Gasteiger partial charge in [-0.25, -0.2) is 18.4 Å². The Balaban J connectivity index is 3.29. The summed E-state index contributed by atoms with van der Waals surface area (Å²) in [5.74, 6) is -1.21. The number of sulfonamides is 1. The summed E-state index contributed by atoms with van der Waals surface area (Å²) in [6.07, 6.45) is 1.85. The highest BCUT2D eigenvalue weighted by Crippen LogP contribution is 2.31. The molecule has 0 bridgehead atoms. The van der Waals surface area contributed by atoms with Gasteiger partial charge in [-0.3, -0.25) is 0 Å². The fourth-order valence-corrected chi connectivity index (χ4v) is 3.15. The number of benzene rings is 1. The molecule has 0 aliphatic carbocycles. The lowest BCUT2D eigenvalue weighted by Crippen LogP contribution is -2.15. The standard InChI is InChI=1S/C11H15BrN2O4S/c1-2-3-4-14-8-5-7(11(15)16)6-9(10(8)12)19(13,17)18/h5-6,14H,2-4H2,1H3,(H,15,16)(H2,13,17,18). The molecule has 0 aliphatic heterocycles. The number of carbonyl (C=O) groups is 1. The Morgan fingerprint density at radius 3 is 2.58 bits per heavy atom.